The minimum Gasteiger partial charge on any atom is -0.478 e. The number of fused-ring (bicyclic) bond motifs is 1. The largest absolute Gasteiger partial charge is 0.478 e. The van der Waals surface area contributed by atoms with Crippen LogP contribution in [0.25, 0.3) is 11.4 Å². The Morgan fingerprint density at radius 1 is 1.03 bits per heavy atom. The van der Waals surface area contributed by atoms with E-state index in [0.29, 0.717) is 11.3 Å². The van der Waals surface area contributed by atoms with Gasteiger partial charge >= 0.3 is 5.97 Å². The summed E-state index contributed by atoms with van der Waals surface area (Å²) >= 11 is 0. The summed E-state index contributed by atoms with van der Waals surface area (Å²) < 4.78 is 2.16. The molecule has 0 unspecified atom stereocenters. The Balaban J connectivity index is 1.52. The molecule has 3 aromatic rings. The van der Waals surface area contributed by atoms with E-state index in [1.165, 1.54) is 12.5 Å². The van der Waals surface area contributed by atoms with Crippen molar-refractivity contribution in [2.75, 3.05) is 5.32 Å². The number of carboxylic acid groups (broad SMARTS) is 1. The van der Waals surface area contributed by atoms with E-state index in [0.717, 1.165) is 43.0 Å². The highest BCUT2D eigenvalue weighted by Crippen LogP contribution is 2.25. The number of carboxylic acids is 1. The molecular weight excluding hydrogens is 368 g/mol. The first-order chi connectivity index (χ1) is 14.1. The molecule has 148 valence electrons. The summed E-state index contributed by atoms with van der Waals surface area (Å²) in [4.78, 5) is 23.8. The molecule has 2 N–H and O–H groups in total. The third kappa shape index (κ3) is 4.18. The number of carbonyl (C=O) groups is 2. The van der Waals surface area contributed by atoms with Crippen molar-refractivity contribution in [1.29, 1.82) is 0 Å². The van der Waals surface area contributed by atoms with Gasteiger partial charge in [0, 0.05) is 24.2 Å². The summed E-state index contributed by atoms with van der Waals surface area (Å²) in [5.74, 6) is 0.519. The summed E-state index contributed by atoms with van der Waals surface area (Å²) in [6.07, 6.45) is 4.36. The number of nitrogens with one attached hydrogen (secondary N) is 1. The Labute approximate surface area is 168 Å². The van der Waals surface area contributed by atoms with Crippen molar-refractivity contribution in [1.82, 2.24) is 14.8 Å². The SMILES string of the molecule is O=C(Cc1ccccc1C(=O)O)Nc1cccc(-c2nnc3n2CCCCC3)c1. The molecule has 0 fully saturated rings. The smallest absolute Gasteiger partial charge is 0.335 e. The summed E-state index contributed by atoms with van der Waals surface area (Å²) in [5, 5.41) is 20.8. The van der Waals surface area contributed by atoms with Crippen LogP contribution in [-0.4, -0.2) is 31.7 Å². The van der Waals surface area contributed by atoms with Gasteiger partial charge in [0.05, 0.1) is 12.0 Å². The van der Waals surface area contributed by atoms with Crippen LogP contribution in [0, 0.1) is 0 Å². The molecule has 0 spiro atoms. The number of hydrogen-bond donors (Lipinski definition) is 2. The Bertz CT molecular complexity index is 1060. The summed E-state index contributed by atoms with van der Waals surface area (Å²) in [6, 6.07) is 14.1. The number of hydrogen-bond acceptors (Lipinski definition) is 4. The molecule has 2 aromatic carbocycles. The van der Waals surface area contributed by atoms with Crippen molar-refractivity contribution in [3.05, 3.63) is 65.5 Å². The number of aromatic carboxylic acids is 1. The molecule has 7 heteroatoms. The highest BCUT2D eigenvalue weighted by Gasteiger charge is 2.17. The zero-order valence-electron chi connectivity index (χ0n) is 16.0. The molecule has 7 nitrogen and oxygen atoms in total. The van der Waals surface area contributed by atoms with E-state index in [-0.39, 0.29) is 17.9 Å². The molecular formula is C22H22N4O3. The Morgan fingerprint density at radius 3 is 2.76 bits per heavy atom. The van der Waals surface area contributed by atoms with Crippen LogP contribution in [-0.2, 0) is 24.2 Å². The zero-order valence-corrected chi connectivity index (χ0v) is 16.0. The van der Waals surface area contributed by atoms with Gasteiger partial charge in [-0.3, -0.25) is 4.79 Å². The Kier molecular flexibility index (Phi) is 5.37. The molecule has 0 atom stereocenters. The lowest BCUT2D eigenvalue weighted by Crippen LogP contribution is -2.16. The fraction of sp³-hybridized carbons (Fsp3) is 0.273. The van der Waals surface area contributed by atoms with Crippen LogP contribution in [0.5, 0.6) is 0 Å². The van der Waals surface area contributed by atoms with Gasteiger partial charge in [0.15, 0.2) is 5.82 Å². The van der Waals surface area contributed by atoms with Gasteiger partial charge in [-0.15, -0.1) is 10.2 Å². The van der Waals surface area contributed by atoms with Crippen LogP contribution in [0.4, 0.5) is 5.69 Å². The van der Waals surface area contributed by atoms with Crippen molar-refractivity contribution in [3.8, 4) is 11.4 Å². The molecule has 0 radical (unpaired) electrons. The molecule has 1 aromatic heterocycles. The number of rotatable bonds is 5. The van der Waals surface area contributed by atoms with Crippen LogP contribution in [0.1, 0.15) is 41.0 Å². The lowest BCUT2D eigenvalue weighted by Gasteiger charge is -2.10. The average Bonchev–Trinajstić information content (AvgIpc) is 2.96. The number of aromatic nitrogens is 3. The van der Waals surface area contributed by atoms with Gasteiger partial charge in [0.2, 0.25) is 5.91 Å². The number of anilines is 1. The Hall–Kier alpha value is -3.48. The van der Waals surface area contributed by atoms with E-state index in [9.17, 15) is 14.7 Å². The molecule has 0 aliphatic carbocycles. The third-order valence-corrected chi connectivity index (χ3v) is 5.11. The maximum absolute atomic E-state index is 12.5. The van der Waals surface area contributed by atoms with Crippen molar-refractivity contribution in [3.63, 3.8) is 0 Å². The van der Waals surface area contributed by atoms with Crippen LogP contribution in [0.2, 0.25) is 0 Å². The number of amides is 1. The first kappa shape index (κ1) is 18.9. The highest BCUT2D eigenvalue weighted by atomic mass is 16.4. The van der Waals surface area contributed by atoms with Gasteiger partial charge in [0.25, 0.3) is 0 Å². The van der Waals surface area contributed by atoms with Gasteiger partial charge in [-0.1, -0.05) is 36.8 Å². The number of nitrogens with zero attached hydrogens (tertiary/aromatic N) is 3. The Morgan fingerprint density at radius 2 is 1.90 bits per heavy atom. The zero-order chi connectivity index (χ0) is 20.2. The van der Waals surface area contributed by atoms with E-state index in [2.05, 4.69) is 20.1 Å². The first-order valence-corrected chi connectivity index (χ1v) is 9.75. The number of benzene rings is 2. The summed E-state index contributed by atoms with van der Waals surface area (Å²) in [7, 11) is 0. The van der Waals surface area contributed by atoms with E-state index in [1.807, 2.05) is 24.3 Å². The lowest BCUT2D eigenvalue weighted by molar-refractivity contribution is -0.115. The van der Waals surface area contributed by atoms with Crippen molar-refractivity contribution >= 4 is 17.6 Å². The van der Waals surface area contributed by atoms with Gasteiger partial charge in [-0.2, -0.15) is 0 Å². The van der Waals surface area contributed by atoms with E-state index in [4.69, 9.17) is 0 Å². The molecule has 29 heavy (non-hydrogen) atoms. The molecule has 1 aliphatic rings. The second-order valence-corrected chi connectivity index (χ2v) is 7.17. The minimum atomic E-state index is -1.04. The molecule has 2 heterocycles. The van der Waals surface area contributed by atoms with E-state index >= 15 is 0 Å². The number of carbonyl (C=O) groups excluding carboxylic acids is 1. The molecule has 4 rings (SSSR count). The minimum absolute atomic E-state index is 0.00691. The van der Waals surface area contributed by atoms with E-state index in [1.54, 1.807) is 18.2 Å². The number of aryl methyl sites for hydroxylation is 1. The predicted octanol–water partition coefficient (Wildman–Crippen LogP) is 3.55. The lowest BCUT2D eigenvalue weighted by atomic mass is 10.0. The van der Waals surface area contributed by atoms with Gasteiger partial charge < -0.3 is 15.0 Å². The standard InChI is InChI=1S/C22H22N4O3/c27-20(14-15-7-3-4-10-18(15)22(28)29)23-17-9-6-8-16(13-17)21-25-24-19-11-2-1-5-12-26(19)21/h3-4,6-10,13H,1-2,5,11-12,14H2,(H,23,27)(H,28,29). The van der Waals surface area contributed by atoms with Gasteiger partial charge in [0.1, 0.15) is 5.82 Å². The van der Waals surface area contributed by atoms with E-state index < -0.39 is 5.97 Å². The van der Waals surface area contributed by atoms with Crippen LogP contribution in [0.15, 0.2) is 48.5 Å². The molecule has 1 aliphatic heterocycles. The van der Waals surface area contributed by atoms with Crippen molar-refractivity contribution in [2.24, 2.45) is 0 Å². The van der Waals surface area contributed by atoms with Gasteiger partial charge in [-0.25, -0.2) is 4.79 Å². The monoisotopic (exact) mass is 390 g/mol. The quantitative estimate of drug-likeness (QED) is 0.694. The predicted molar refractivity (Wildman–Crippen MR) is 109 cm³/mol. The summed E-state index contributed by atoms with van der Waals surface area (Å²) in [6.45, 7) is 0.903. The van der Waals surface area contributed by atoms with Gasteiger partial charge in [-0.05, 0) is 36.6 Å². The molecule has 1 amide bonds. The molecule has 0 saturated heterocycles. The maximum atomic E-state index is 12.5. The second-order valence-electron chi connectivity index (χ2n) is 7.17. The third-order valence-electron chi connectivity index (χ3n) is 5.11. The van der Waals surface area contributed by atoms with Crippen LogP contribution < -0.4 is 5.32 Å². The highest BCUT2D eigenvalue weighted by molar-refractivity contribution is 5.96. The fourth-order valence-corrected chi connectivity index (χ4v) is 3.70. The van der Waals surface area contributed by atoms with Crippen molar-refractivity contribution in [2.45, 2.75) is 38.6 Å². The normalized spacial score (nSPS) is 13.4. The average molecular weight is 390 g/mol. The molecule has 0 saturated carbocycles. The van der Waals surface area contributed by atoms with Crippen LogP contribution in [0.3, 0.4) is 0 Å². The topological polar surface area (TPSA) is 97.1 Å². The summed E-state index contributed by atoms with van der Waals surface area (Å²) in [5.41, 5.74) is 2.17. The first-order valence-electron chi connectivity index (χ1n) is 9.75. The fourth-order valence-electron chi connectivity index (χ4n) is 3.70. The maximum Gasteiger partial charge on any atom is 0.335 e. The second kappa shape index (κ2) is 8.26. The molecule has 0 bridgehead atoms. The van der Waals surface area contributed by atoms with Crippen molar-refractivity contribution < 1.29 is 14.7 Å². The van der Waals surface area contributed by atoms with Crippen LogP contribution >= 0.6 is 0 Å².